The molecule has 0 unspecified atom stereocenters. The van der Waals surface area contributed by atoms with Gasteiger partial charge in [-0.2, -0.15) is 0 Å². The fourth-order valence-corrected chi connectivity index (χ4v) is 4.97. The molecule has 0 radical (unpaired) electrons. The first-order chi connectivity index (χ1) is 20.4. The van der Waals surface area contributed by atoms with E-state index in [-0.39, 0.29) is 47.8 Å². The smallest absolute Gasteiger partial charge is 0.431 e. The molecule has 12 nitrogen and oxygen atoms in total. The predicted octanol–water partition coefficient (Wildman–Crippen LogP) is 2.34. The lowest BCUT2D eigenvalue weighted by molar-refractivity contribution is -0.120. The summed E-state index contributed by atoms with van der Waals surface area (Å²) in [6.45, 7) is 5.81. The Bertz CT molecular complexity index is 1210. The SMILES string of the molecule is CO[C@H]1/C=C\C=C(\C)C(=O)NC2=CC(=O)C(NCCF)=C(C[C@@H](C)C[C@H](OC)[C@H](O)[C@@H](C)/C=C(/C)[C@@H]1OC(=O)NO)C2=O. The normalized spacial score (nSPS) is 31.2. The molecule has 13 heteroatoms. The molecule has 0 aromatic carbocycles. The first-order valence-corrected chi connectivity index (χ1v) is 13.9. The number of carbonyl (C=O) groups is 4. The van der Waals surface area contributed by atoms with Gasteiger partial charge in [-0.15, -0.1) is 0 Å². The van der Waals surface area contributed by atoms with Crippen LogP contribution in [0.3, 0.4) is 0 Å². The summed E-state index contributed by atoms with van der Waals surface area (Å²) in [6.07, 6.45) is 2.77. The molecule has 1 aliphatic heterocycles. The Labute approximate surface area is 250 Å². The Hall–Kier alpha value is -3.65. The Morgan fingerprint density at radius 3 is 2.47 bits per heavy atom. The Balaban J connectivity index is 2.62. The zero-order chi connectivity index (χ0) is 32.3. The van der Waals surface area contributed by atoms with Crippen LogP contribution in [0, 0.1) is 11.8 Å². The van der Waals surface area contributed by atoms with Gasteiger partial charge in [-0.1, -0.05) is 38.2 Å². The highest BCUT2D eigenvalue weighted by Gasteiger charge is 2.33. The predicted molar refractivity (Wildman–Crippen MR) is 154 cm³/mol. The maximum Gasteiger partial charge on any atom is 0.431 e. The van der Waals surface area contributed by atoms with Crippen molar-refractivity contribution in [3.63, 3.8) is 0 Å². The van der Waals surface area contributed by atoms with Crippen LogP contribution in [0.1, 0.15) is 40.5 Å². The van der Waals surface area contributed by atoms with E-state index in [1.165, 1.54) is 44.9 Å². The molecule has 6 atom stereocenters. The van der Waals surface area contributed by atoms with E-state index < -0.39 is 60.6 Å². The highest BCUT2D eigenvalue weighted by molar-refractivity contribution is 6.23. The number of Topliss-reactive ketones (excluding diaryl/α,β-unsaturated/α-hetero) is 1. The molecule has 0 saturated heterocycles. The van der Waals surface area contributed by atoms with Crippen LogP contribution in [0.4, 0.5) is 9.18 Å². The highest BCUT2D eigenvalue weighted by Crippen LogP contribution is 2.28. The van der Waals surface area contributed by atoms with Gasteiger partial charge in [-0.3, -0.25) is 19.6 Å². The molecule has 1 aliphatic carbocycles. The van der Waals surface area contributed by atoms with Gasteiger partial charge < -0.3 is 30.0 Å². The number of hydrogen-bond donors (Lipinski definition) is 5. The molecule has 0 fully saturated rings. The Morgan fingerprint density at radius 1 is 1.16 bits per heavy atom. The number of hydroxylamine groups is 1. The van der Waals surface area contributed by atoms with Gasteiger partial charge >= 0.3 is 6.09 Å². The summed E-state index contributed by atoms with van der Waals surface area (Å²) in [6, 6.07) is 0. The zero-order valence-electron chi connectivity index (χ0n) is 25.3. The van der Waals surface area contributed by atoms with Gasteiger partial charge in [0.2, 0.25) is 11.6 Å². The van der Waals surface area contributed by atoms with Crippen LogP contribution in [-0.2, 0) is 28.6 Å². The molecule has 2 aliphatic rings. The average molecular weight is 608 g/mol. The van der Waals surface area contributed by atoms with Crippen molar-refractivity contribution in [3.05, 3.63) is 58.5 Å². The first kappa shape index (κ1) is 35.5. The Morgan fingerprint density at radius 2 is 1.86 bits per heavy atom. The molecule has 0 saturated carbocycles. The largest absolute Gasteiger partial charge is 0.437 e. The number of allylic oxidation sites excluding steroid dienone is 4. The third-order valence-electron chi connectivity index (χ3n) is 7.27. The molecule has 2 amide bonds. The first-order valence-electron chi connectivity index (χ1n) is 13.9. The summed E-state index contributed by atoms with van der Waals surface area (Å²) in [5.74, 6) is -2.60. The van der Waals surface area contributed by atoms with Crippen LogP contribution in [0.5, 0.6) is 0 Å². The lowest BCUT2D eigenvalue weighted by atomic mass is 9.85. The number of ketones is 2. The third-order valence-corrected chi connectivity index (χ3v) is 7.27. The van der Waals surface area contributed by atoms with Crippen LogP contribution in [0.15, 0.2) is 58.5 Å². The van der Waals surface area contributed by atoms with Gasteiger partial charge in [-0.05, 0) is 38.2 Å². The van der Waals surface area contributed by atoms with E-state index in [2.05, 4.69) is 10.6 Å². The minimum atomic E-state index is -1.12. The van der Waals surface area contributed by atoms with Crippen LogP contribution in [0.2, 0.25) is 0 Å². The number of halogens is 1. The number of methoxy groups -OCH3 is 2. The molecular weight excluding hydrogens is 565 g/mol. The van der Waals surface area contributed by atoms with E-state index in [9.17, 15) is 28.7 Å². The lowest BCUT2D eigenvalue weighted by Gasteiger charge is -2.30. The van der Waals surface area contributed by atoms with Gasteiger partial charge in [0.05, 0.1) is 23.6 Å². The fraction of sp³-hybridized carbons (Fsp3) is 0.533. The minimum absolute atomic E-state index is 0.0291. The number of carbonyl (C=O) groups excluding carboxylic acids is 4. The zero-order valence-corrected chi connectivity index (χ0v) is 25.3. The van der Waals surface area contributed by atoms with Crippen LogP contribution >= 0.6 is 0 Å². The van der Waals surface area contributed by atoms with Crippen LogP contribution < -0.4 is 16.1 Å². The minimum Gasteiger partial charge on any atom is -0.437 e. The van der Waals surface area contributed by atoms with Crippen molar-refractivity contribution in [2.24, 2.45) is 11.8 Å². The van der Waals surface area contributed by atoms with Crippen LogP contribution in [-0.4, -0.2) is 85.7 Å². The number of alkyl halides is 1. The van der Waals surface area contributed by atoms with Crippen molar-refractivity contribution >= 4 is 23.6 Å². The number of amides is 2. The maximum atomic E-state index is 13.5. The van der Waals surface area contributed by atoms with Gasteiger partial charge in [0, 0.05) is 43.9 Å². The van der Waals surface area contributed by atoms with Gasteiger partial charge in [0.1, 0.15) is 12.8 Å². The highest BCUT2D eigenvalue weighted by atomic mass is 19.1. The molecule has 0 aromatic heterocycles. The number of aliphatic hydroxyl groups is 1. The molecule has 238 valence electrons. The third kappa shape index (κ3) is 9.68. The van der Waals surface area contributed by atoms with Gasteiger partial charge in [0.15, 0.2) is 6.10 Å². The topological polar surface area (TPSA) is 173 Å². The van der Waals surface area contributed by atoms with Crippen molar-refractivity contribution in [1.29, 1.82) is 0 Å². The lowest BCUT2D eigenvalue weighted by Crippen LogP contribution is -2.38. The van der Waals surface area contributed by atoms with Crippen molar-refractivity contribution < 1.29 is 48.1 Å². The van der Waals surface area contributed by atoms with E-state index in [4.69, 9.17) is 19.4 Å². The van der Waals surface area contributed by atoms with Crippen molar-refractivity contribution in [1.82, 2.24) is 16.1 Å². The molecule has 0 aromatic rings. The second kappa shape index (κ2) is 16.8. The van der Waals surface area contributed by atoms with Crippen LogP contribution in [0.25, 0.3) is 0 Å². The van der Waals surface area contributed by atoms with E-state index in [1.807, 2.05) is 6.92 Å². The van der Waals surface area contributed by atoms with Crippen molar-refractivity contribution in [2.45, 2.75) is 65.0 Å². The molecule has 2 rings (SSSR count). The van der Waals surface area contributed by atoms with Crippen molar-refractivity contribution in [2.75, 3.05) is 27.4 Å². The number of aliphatic hydroxyl groups excluding tert-OH is 1. The van der Waals surface area contributed by atoms with E-state index >= 15 is 0 Å². The average Bonchev–Trinajstić information content (AvgIpc) is 2.97. The standard InChI is InChI=1S/C30H42FN3O9/c1-16-12-20-25(32-11-10-31)22(35)15-21(27(20)37)33-29(38)17(2)8-7-9-23(41-5)28(43-30(39)34-40)19(4)14-18(3)26(36)24(13-16)42-6/h7-9,14-16,18,23-24,26,28,32,36,40H,10-13H2,1-6H3,(H,33,38)(H,34,39)/b9-7-,17-8-,19-14-/t16-,18+,23+,24+,26-,28+/m1/s1. The van der Waals surface area contributed by atoms with E-state index in [1.54, 1.807) is 19.9 Å². The van der Waals surface area contributed by atoms with E-state index in [0.717, 1.165) is 6.08 Å². The molecule has 0 spiro atoms. The summed E-state index contributed by atoms with van der Waals surface area (Å²) in [4.78, 5) is 51.3. The summed E-state index contributed by atoms with van der Waals surface area (Å²) >= 11 is 0. The van der Waals surface area contributed by atoms with Gasteiger partial charge in [-0.25, -0.2) is 14.7 Å². The summed E-state index contributed by atoms with van der Waals surface area (Å²) in [7, 11) is 2.83. The van der Waals surface area contributed by atoms with E-state index in [0.29, 0.717) is 5.57 Å². The summed E-state index contributed by atoms with van der Waals surface area (Å²) < 4.78 is 29.4. The molecule has 5 N–H and O–H groups in total. The molecule has 2 bridgehead atoms. The molecular formula is C30H42FN3O9. The maximum absolute atomic E-state index is 13.5. The van der Waals surface area contributed by atoms with Crippen molar-refractivity contribution in [3.8, 4) is 0 Å². The number of hydrogen-bond acceptors (Lipinski definition) is 10. The molecule has 43 heavy (non-hydrogen) atoms. The second-order valence-electron chi connectivity index (χ2n) is 10.6. The fourth-order valence-electron chi connectivity index (χ4n) is 4.97. The number of fused-ring (bicyclic) bond motifs is 2. The molecule has 1 heterocycles. The number of nitrogens with one attached hydrogen (secondary N) is 3. The summed E-state index contributed by atoms with van der Waals surface area (Å²) in [5, 5.41) is 25.4. The summed E-state index contributed by atoms with van der Waals surface area (Å²) in [5.41, 5.74) is 1.97. The Kier molecular flexibility index (Phi) is 13.9. The quantitative estimate of drug-likeness (QED) is 0.131. The second-order valence-corrected chi connectivity index (χ2v) is 10.6. The number of ether oxygens (including phenoxy) is 3. The monoisotopic (exact) mass is 607 g/mol. The number of rotatable bonds is 6. The van der Waals surface area contributed by atoms with Gasteiger partial charge in [0.25, 0.3) is 5.91 Å².